The molecule has 2 aliphatic carbocycles. The molecule has 0 bridgehead atoms. The Labute approximate surface area is 147 Å². The fraction of sp³-hybridized carbons (Fsp3) is 1.00. The first-order valence-electron chi connectivity index (χ1n) is 8.29. The van der Waals surface area contributed by atoms with Crippen molar-refractivity contribution in [1.29, 1.82) is 0 Å². The van der Waals surface area contributed by atoms with Gasteiger partial charge in [0.15, 0.2) is 0 Å². The summed E-state index contributed by atoms with van der Waals surface area (Å²) >= 11 is 2.10. The molecular formula is C16H33Cl2NOS. The third-order valence-corrected chi connectivity index (χ3v) is 6.79. The van der Waals surface area contributed by atoms with Crippen LogP contribution < -0.4 is 5.73 Å². The van der Waals surface area contributed by atoms with Crippen molar-refractivity contribution in [2.45, 2.75) is 93.8 Å². The zero-order valence-corrected chi connectivity index (χ0v) is 15.7. The molecule has 0 aromatic heterocycles. The molecule has 0 heterocycles. The van der Waals surface area contributed by atoms with Gasteiger partial charge in [-0.15, -0.1) is 24.8 Å². The van der Waals surface area contributed by atoms with Gasteiger partial charge in [-0.1, -0.05) is 32.6 Å². The molecule has 5 heteroatoms. The fourth-order valence-electron chi connectivity index (χ4n) is 3.74. The Bertz CT molecular complexity index is 265. The zero-order valence-electron chi connectivity index (χ0n) is 13.2. The van der Waals surface area contributed by atoms with Crippen LogP contribution in [0.3, 0.4) is 0 Å². The van der Waals surface area contributed by atoms with Crippen LogP contribution in [0, 0.1) is 5.92 Å². The Balaban J connectivity index is 0.00000200. The van der Waals surface area contributed by atoms with Gasteiger partial charge in [-0.05, 0) is 44.4 Å². The van der Waals surface area contributed by atoms with E-state index in [1.807, 2.05) is 0 Å². The first kappa shape index (κ1) is 21.9. The summed E-state index contributed by atoms with van der Waals surface area (Å²) in [5, 5.41) is 11.6. The molecular weight excluding hydrogens is 325 g/mol. The molecule has 0 aromatic rings. The van der Waals surface area contributed by atoms with Gasteiger partial charge < -0.3 is 10.8 Å². The SMILES string of the molecule is CCC(O)C(SC1CCCCC1)C1CCCC(N)C1.Cl.Cl. The van der Waals surface area contributed by atoms with Gasteiger partial charge in [-0.3, -0.25) is 0 Å². The van der Waals surface area contributed by atoms with E-state index in [9.17, 15) is 5.11 Å². The van der Waals surface area contributed by atoms with E-state index in [0.29, 0.717) is 17.2 Å². The average molecular weight is 358 g/mol. The molecule has 2 rings (SSSR count). The molecule has 2 nitrogen and oxygen atoms in total. The highest BCUT2D eigenvalue weighted by atomic mass is 35.5. The van der Waals surface area contributed by atoms with E-state index in [-0.39, 0.29) is 30.9 Å². The molecule has 21 heavy (non-hydrogen) atoms. The highest BCUT2D eigenvalue weighted by molar-refractivity contribution is 8.00. The van der Waals surface area contributed by atoms with Crippen LogP contribution in [0.15, 0.2) is 0 Å². The summed E-state index contributed by atoms with van der Waals surface area (Å²) in [7, 11) is 0. The van der Waals surface area contributed by atoms with Crippen LogP contribution in [0.1, 0.15) is 71.1 Å². The van der Waals surface area contributed by atoms with Gasteiger partial charge in [0.05, 0.1) is 6.10 Å². The normalized spacial score (nSPS) is 29.9. The third-order valence-electron chi connectivity index (χ3n) is 4.92. The van der Waals surface area contributed by atoms with Gasteiger partial charge in [0.25, 0.3) is 0 Å². The molecule has 2 fully saturated rings. The minimum atomic E-state index is -0.137. The minimum Gasteiger partial charge on any atom is -0.392 e. The van der Waals surface area contributed by atoms with Crippen molar-refractivity contribution in [2.75, 3.05) is 0 Å². The highest BCUT2D eigenvalue weighted by Gasteiger charge is 2.33. The summed E-state index contributed by atoms with van der Waals surface area (Å²) in [6, 6.07) is 0.372. The molecule has 0 aliphatic heterocycles. The number of aliphatic hydroxyl groups is 1. The molecule has 3 N–H and O–H groups in total. The topological polar surface area (TPSA) is 46.2 Å². The summed E-state index contributed by atoms with van der Waals surface area (Å²) in [4.78, 5) is 0. The number of hydrogen-bond donors (Lipinski definition) is 2. The molecule has 4 atom stereocenters. The summed E-state index contributed by atoms with van der Waals surface area (Å²) in [6.07, 6.45) is 12.5. The lowest BCUT2D eigenvalue weighted by atomic mass is 9.82. The van der Waals surface area contributed by atoms with E-state index in [1.54, 1.807) is 0 Å². The maximum Gasteiger partial charge on any atom is 0.0658 e. The highest BCUT2D eigenvalue weighted by Crippen LogP contribution is 2.40. The van der Waals surface area contributed by atoms with Crippen LogP contribution in [0.25, 0.3) is 0 Å². The van der Waals surface area contributed by atoms with Crippen molar-refractivity contribution in [1.82, 2.24) is 0 Å². The molecule has 0 saturated heterocycles. The Morgan fingerprint density at radius 1 is 1.05 bits per heavy atom. The van der Waals surface area contributed by atoms with Gasteiger partial charge in [-0.2, -0.15) is 11.8 Å². The van der Waals surface area contributed by atoms with Crippen LogP contribution in [0.4, 0.5) is 0 Å². The number of hydrogen-bond acceptors (Lipinski definition) is 3. The zero-order chi connectivity index (χ0) is 13.7. The fourth-order valence-corrected chi connectivity index (χ4v) is 5.63. The van der Waals surface area contributed by atoms with E-state index < -0.39 is 0 Å². The molecule has 2 aliphatic rings. The van der Waals surface area contributed by atoms with Gasteiger partial charge in [0.1, 0.15) is 0 Å². The van der Waals surface area contributed by atoms with E-state index in [1.165, 1.54) is 51.4 Å². The largest absolute Gasteiger partial charge is 0.392 e. The number of rotatable bonds is 5. The van der Waals surface area contributed by atoms with E-state index >= 15 is 0 Å². The maximum absolute atomic E-state index is 10.4. The smallest absolute Gasteiger partial charge is 0.0658 e. The summed E-state index contributed by atoms with van der Waals surface area (Å²) in [6.45, 7) is 2.11. The van der Waals surface area contributed by atoms with Crippen LogP contribution >= 0.6 is 36.6 Å². The van der Waals surface area contributed by atoms with Crippen LogP contribution in [0.2, 0.25) is 0 Å². The summed E-state index contributed by atoms with van der Waals surface area (Å²) in [5.41, 5.74) is 6.15. The molecule has 2 saturated carbocycles. The lowest BCUT2D eigenvalue weighted by molar-refractivity contribution is 0.131. The van der Waals surface area contributed by atoms with Crippen molar-refractivity contribution < 1.29 is 5.11 Å². The maximum atomic E-state index is 10.4. The Kier molecular flexibility index (Phi) is 11.9. The van der Waals surface area contributed by atoms with Gasteiger partial charge >= 0.3 is 0 Å². The number of halogens is 2. The Hall–Kier alpha value is 0.850. The first-order valence-corrected chi connectivity index (χ1v) is 9.24. The van der Waals surface area contributed by atoms with Gasteiger partial charge in [0, 0.05) is 16.5 Å². The third kappa shape index (κ3) is 6.87. The van der Waals surface area contributed by atoms with Crippen molar-refractivity contribution in [3.63, 3.8) is 0 Å². The number of nitrogens with two attached hydrogens (primary N) is 1. The molecule has 0 spiro atoms. The van der Waals surface area contributed by atoms with Crippen molar-refractivity contribution in [2.24, 2.45) is 11.7 Å². The van der Waals surface area contributed by atoms with Crippen molar-refractivity contribution in [3.05, 3.63) is 0 Å². The Morgan fingerprint density at radius 2 is 1.71 bits per heavy atom. The lowest BCUT2D eigenvalue weighted by Crippen LogP contribution is -2.39. The van der Waals surface area contributed by atoms with Crippen molar-refractivity contribution in [3.8, 4) is 0 Å². The van der Waals surface area contributed by atoms with Gasteiger partial charge in [0.2, 0.25) is 0 Å². The molecule has 0 amide bonds. The van der Waals surface area contributed by atoms with E-state index in [4.69, 9.17) is 5.73 Å². The minimum absolute atomic E-state index is 0. The standard InChI is InChI=1S/C16H31NOS.2ClH/c1-2-15(18)16(12-7-6-8-13(17)11-12)19-14-9-4-3-5-10-14;;/h12-16,18H,2-11,17H2,1H3;2*1H. The number of thioether (sulfide) groups is 1. The Morgan fingerprint density at radius 3 is 2.29 bits per heavy atom. The molecule has 4 unspecified atom stereocenters. The van der Waals surface area contributed by atoms with Gasteiger partial charge in [-0.25, -0.2) is 0 Å². The first-order chi connectivity index (χ1) is 9.20. The van der Waals surface area contributed by atoms with E-state index in [0.717, 1.165) is 18.1 Å². The number of aliphatic hydroxyl groups excluding tert-OH is 1. The predicted octanol–water partition coefficient (Wildman–Crippen LogP) is 4.55. The summed E-state index contributed by atoms with van der Waals surface area (Å²) in [5.74, 6) is 0.644. The second kappa shape index (κ2) is 11.4. The van der Waals surface area contributed by atoms with Crippen LogP contribution in [0.5, 0.6) is 0 Å². The molecule has 128 valence electrons. The second-order valence-electron chi connectivity index (χ2n) is 6.52. The monoisotopic (exact) mass is 357 g/mol. The lowest BCUT2D eigenvalue weighted by Gasteiger charge is -2.37. The van der Waals surface area contributed by atoms with Crippen LogP contribution in [-0.4, -0.2) is 27.8 Å². The van der Waals surface area contributed by atoms with E-state index in [2.05, 4.69) is 18.7 Å². The quantitative estimate of drug-likeness (QED) is 0.758. The molecule has 0 aromatic carbocycles. The predicted molar refractivity (Wildman–Crippen MR) is 99.0 cm³/mol. The van der Waals surface area contributed by atoms with Crippen molar-refractivity contribution >= 4 is 36.6 Å². The second-order valence-corrected chi connectivity index (χ2v) is 8.01. The summed E-state index contributed by atoms with van der Waals surface area (Å²) < 4.78 is 0. The average Bonchev–Trinajstić information content (AvgIpc) is 2.45. The molecule has 0 radical (unpaired) electrons. The van der Waals surface area contributed by atoms with Crippen LogP contribution in [-0.2, 0) is 0 Å².